The number of rotatable bonds is 4. The molecule has 1 unspecified atom stereocenters. The van der Waals surface area contributed by atoms with Gasteiger partial charge in [0.25, 0.3) is 0 Å². The Hall–Kier alpha value is -1.60. The average Bonchev–Trinajstić information content (AvgIpc) is 2.89. The van der Waals surface area contributed by atoms with Gasteiger partial charge in [-0.15, -0.1) is 0 Å². The number of amides is 1. The first-order chi connectivity index (χ1) is 9.79. The van der Waals surface area contributed by atoms with Crippen molar-refractivity contribution in [3.8, 4) is 0 Å². The van der Waals surface area contributed by atoms with Gasteiger partial charge in [0.2, 0.25) is 15.9 Å². The van der Waals surface area contributed by atoms with Crippen LogP contribution in [0.15, 0.2) is 23.1 Å². The standard InChI is InChI=1S/C14H21N3O3S/c1-10-7-12(15)9-13(8-10)21(19,20)16-11(2)14(18)17-5-3-4-6-17/h7-9,11,16H,3-6,15H2,1-2H3. The Bertz CT molecular complexity index is 617. The molecule has 0 radical (unpaired) electrons. The molecule has 3 N–H and O–H groups in total. The molecule has 1 atom stereocenters. The van der Waals surface area contributed by atoms with E-state index in [1.807, 2.05) is 0 Å². The minimum absolute atomic E-state index is 0.0843. The Morgan fingerprint density at radius 1 is 1.29 bits per heavy atom. The molecule has 1 aliphatic heterocycles. The van der Waals surface area contributed by atoms with Crippen LogP contribution in [-0.2, 0) is 14.8 Å². The molecule has 0 aromatic heterocycles. The van der Waals surface area contributed by atoms with Crippen LogP contribution in [0.25, 0.3) is 0 Å². The summed E-state index contributed by atoms with van der Waals surface area (Å²) >= 11 is 0. The van der Waals surface area contributed by atoms with E-state index in [1.54, 1.807) is 24.8 Å². The van der Waals surface area contributed by atoms with E-state index in [0.717, 1.165) is 18.4 Å². The number of nitrogens with one attached hydrogen (secondary N) is 1. The van der Waals surface area contributed by atoms with Crippen molar-refractivity contribution in [3.05, 3.63) is 23.8 Å². The minimum Gasteiger partial charge on any atom is -0.399 e. The highest BCUT2D eigenvalue weighted by Gasteiger charge is 2.27. The smallest absolute Gasteiger partial charge is 0.241 e. The number of benzene rings is 1. The van der Waals surface area contributed by atoms with Crippen LogP contribution in [-0.4, -0.2) is 38.4 Å². The van der Waals surface area contributed by atoms with Gasteiger partial charge >= 0.3 is 0 Å². The lowest BCUT2D eigenvalue weighted by atomic mass is 10.2. The van der Waals surface area contributed by atoms with Crippen molar-refractivity contribution in [2.45, 2.75) is 37.6 Å². The molecule has 0 spiro atoms. The third-order valence-corrected chi connectivity index (χ3v) is 5.02. The highest BCUT2D eigenvalue weighted by molar-refractivity contribution is 7.89. The lowest BCUT2D eigenvalue weighted by Gasteiger charge is -2.21. The Morgan fingerprint density at radius 3 is 2.48 bits per heavy atom. The van der Waals surface area contributed by atoms with Gasteiger partial charge in [-0.3, -0.25) is 4.79 Å². The van der Waals surface area contributed by atoms with Gasteiger partial charge in [-0.25, -0.2) is 8.42 Å². The summed E-state index contributed by atoms with van der Waals surface area (Å²) in [5.74, 6) is -0.184. The summed E-state index contributed by atoms with van der Waals surface area (Å²) in [6.07, 6.45) is 1.94. The van der Waals surface area contributed by atoms with Crippen molar-refractivity contribution < 1.29 is 13.2 Å². The van der Waals surface area contributed by atoms with Crippen LogP contribution >= 0.6 is 0 Å². The molecular weight excluding hydrogens is 290 g/mol. The molecule has 1 aliphatic rings. The SMILES string of the molecule is Cc1cc(N)cc(S(=O)(=O)NC(C)C(=O)N2CCCC2)c1. The molecule has 0 bridgehead atoms. The lowest BCUT2D eigenvalue weighted by molar-refractivity contribution is -0.131. The summed E-state index contributed by atoms with van der Waals surface area (Å²) in [5, 5.41) is 0. The molecule has 0 aliphatic carbocycles. The maximum atomic E-state index is 12.3. The molecule has 1 aromatic carbocycles. The Morgan fingerprint density at radius 2 is 1.90 bits per heavy atom. The molecule has 116 valence electrons. The van der Waals surface area contributed by atoms with E-state index in [1.165, 1.54) is 12.1 Å². The van der Waals surface area contributed by atoms with E-state index >= 15 is 0 Å². The molecule has 1 heterocycles. The van der Waals surface area contributed by atoms with Crippen LogP contribution in [0.1, 0.15) is 25.3 Å². The van der Waals surface area contributed by atoms with Crippen LogP contribution in [0.3, 0.4) is 0 Å². The van der Waals surface area contributed by atoms with E-state index in [9.17, 15) is 13.2 Å². The summed E-state index contributed by atoms with van der Waals surface area (Å²) in [7, 11) is -3.76. The van der Waals surface area contributed by atoms with Gasteiger partial charge in [0.1, 0.15) is 0 Å². The van der Waals surface area contributed by atoms with Gasteiger partial charge in [0, 0.05) is 18.8 Å². The summed E-state index contributed by atoms with van der Waals surface area (Å²) in [4.78, 5) is 13.9. The normalized spacial score (nSPS) is 17.0. The van der Waals surface area contributed by atoms with Crippen molar-refractivity contribution in [1.29, 1.82) is 0 Å². The average molecular weight is 311 g/mol. The number of likely N-dealkylation sites (tertiary alicyclic amines) is 1. The zero-order valence-electron chi connectivity index (χ0n) is 12.3. The Labute approximate surface area is 125 Å². The second kappa shape index (κ2) is 6.03. The minimum atomic E-state index is -3.76. The van der Waals surface area contributed by atoms with E-state index in [4.69, 9.17) is 5.73 Å². The molecule has 1 aromatic rings. The molecule has 1 amide bonds. The number of hydrogen-bond acceptors (Lipinski definition) is 4. The van der Waals surface area contributed by atoms with E-state index in [2.05, 4.69) is 4.72 Å². The molecule has 21 heavy (non-hydrogen) atoms. The quantitative estimate of drug-likeness (QED) is 0.807. The maximum Gasteiger partial charge on any atom is 0.241 e. The number of nitrogen functional groups attached to an aromatic ring is 1. The van der Waals surface area contributed by atoms with Crippen molar-refractivity contribution in [2.75, 3.05) is 18.8 Å². The third-order valence-electron chi connectivity index (χ3n) is 3.50. The van der Waals surface area contributed by atoms with Gasteiger partial charge in [0.05, 0.1) is 10.9 Å². The van der Waals surface area contributed by atoms with E-state index < -0.39 is 16.1 Å². The van der Waals surface area contributed by atoms with E-state index in [0.29, 0.717) is 18.8 Å². The Kier molecular flexibility index (Phi) is 4.53. The van der Waals surface area contributed by atoms with Gasteiger partial charge < -0.3 is 10.6 Å². The van der Waals surface area contributed by atoms with E-state index in [-0.39, 0.29) is 10.8 Å². The van der Waals surface area contributed by atoms with Gasteiger partial charge in [-0.05, 0) is 50.5 Å². The molecular formula is C14H21N3O3S. The third kappa shape index (κ3) is 3.74. The van der Waals surface area contributed by atoms with Crippen LogP contribution in [0.4, 0.5) is 5.69 Å². The first-order valence-corrected chi connectivity index (χ1v) is 8.46. The fourth-order valence-corrected chi connectivity index (χ4v) is 3.83. The van der Waals surface area contributed by atoms with Crippen molar-refractivity contribution in [3.63, 3.8) is 0 Å². The molecule has 0 saturated carbocycles. The number of aryl methyl sites for hydroxylation is 1. The first-order valence-electron chi connectivity index (χ1n) is 6.98. The van der Waals surface area contributed by atoms with Crippen molar-refractivity contribution in [1.82, 2.24) is 9.62 Å². The highest BCUT2D eigenvalue weighted by Crippen LogP contribution is 2.17. The summed E-state index contributed by atoms with van der Waals surface area (Å²) in [5.41, 5.74) is 6.82. The number of nitrogens with two attached hydrogens (primary N) is 1. The molecule has 1 saturated heterocycles. The number of anilines is 1. The van der Waals surface area contributed by atoms with Gasteiger partial charge in [0.15, 0.2) is 0 Å². The number of hydrogen-bond donors (Lipinski definition) is 2. The summed E-state index contributed by atoms with van der Waals surface area (Å²) in [6.45, 7) is 4.73. The molecule has 1 fully saturated rings. The fraction of sp³-hybridized carbons (Fsp3) is 0.500. The van der Waals surface area contributed by atoms with Gasteiger partial charge in [-0.1, -0.05) is 0 Å². The lowest BCUT2D eigenvalue weighted by Crippen LogP contribution is -2.45. The van der Waals surface area contributed by atoms with Crippen molar-refractivity contribution >= 4 is 21.6 Å². The van der Waals surface area contributed by atoms with Crippen molar-refractivity contribution in [2.24, 2.45) is 0 Å². The molecule has 6 nitrogen and oxygen atoms in total. The second-order valence-corrected chi connectivity index (χ2v) is 7.17. The predicted molar refractivity (Wildman–Crippen MR) is 81.2 cm³/mol. The number of nitrogens with zero attached hydrogens (tertiary/aromatic N) is 1. The number of carbonyl (C=O) groups excluding carboxylic acids is 1. The largest absolute Gasteiger partial charge is 0.399 e. The fourth-order valence-electron chi connectivity index (χ4n) is 2.49. The second-order valence-electron chi connectivity index (χ2n) is 5.45. The topological polar surface area (TPSA) is 92.5 Å². The summed E-state index contributed by atoms with van der Waals surface area (Å²) in [6, 6.07) is 3.83. The maximum absolute atomic E-state index is 12.3. The van der Waals surface area contributed by atoms with Crippen LogP contribution in [0.5, 0.6) is 0 Å². The predicted octanol–water partition coefficient (Wildman–Crippen LogP) is 0.866. The summed E-state index contributed by atoms with van der Waals surface area (Å²) < 4.78 is 27.1. The molecule has 7 heteroatoms. The zero-order chi connectivity index (χ0) is 15.6. The number of carbonyl (C=O) groups is 1. The highest BCUT2D eigenvalue weighted by atomic mass is 32.2. The Balaban J connectivity index is 2.14. The monoisotopic (exact) mass is 311 g/mol. The van der Waals surface area contributed by atoms with Gasteiger partial charge in [-0.2, -0.15) is 4.72 Å². The first kappa shape index (κ1) is 15.8. The van der Waals surface area contributed by atoms with Crippen LogP contribution in [0, 0.1) is 6.92 Å². The van der Waals surface area contributed by atoms with Crippen LogP contribution in [0.2, 0.25) is 0 Å². The van der Waals surface area contributed by atoms with Crippen LogP contribution < -0.4 is 10.5 Å². The zero-order valence-corrected chi connectivity index (χ0v) is 13.1. The number of sulfonamides is 1. The molecule has 2 rings (SSSR count).